The molecule has 29 heavy (non-hydrogen) atoms. The van der Waals surface area contributed by atoms with Crippen LogP contribution in [0.2, 0.25) is 5.02 Å². The zero-order valence-corrected chi connectivity index (χ0v) is 17.4. The summed E-state index contributed by atoms with van der Waals surface area (Å²) in [5, 5.41) is 3.14. The first-order valence-corrected chi connectivity index (χ1v) is 11.6. The molecule has 0 saturated carbocycles. The summed E-state index contributed by atoms with van der Waals surface area (Å²) in [5.41, 5.74) is 0.543. The number of sulfone groups is 1. The number of carbonyl (C=O) groups excluding carboxylic acids is 3. The third-order valence-electron chi connectivity index (χ3n) is 5.15. The van der Waals surface area contributed by atoms with Crippen LogP contribution in [0.1, 0.15) is 29.6 Å². The smallest absolute Gasteiger partial charge is 0.309 e. The van der Waals surface area contributed by atoms with Gasteiger partial charge in [-0.25, -0.2) is 8.42 Å². The second-order valence-electron chi connectivity index (χ2n) is 7.35. The molecular weight excluding hydrogens is 420 g/mol. The highest BCUT2D eigenvalue weighted by molar-refractivity contribution is 7.91. The van der Waals surface area contributed by atoms with Gasteiger partial charge in [0.25, 0.3) is 11.8 Å². The average molecular weight is 443 g/mol. The second kappa shape index (κ2) is 9.13. The lowest BCUT2D eigenvalue weighted by molar-refractivity contribution is -0.154. The minimum absolute atomic E-state index is 0.0606. The Hall–Kier alpha value is -2.13. The number of carbonyl (C=O) groups is 3. The second-order valence-corrected chi connectivity index (χ2v) is 10.0. The van der Waals surface area contributed by atoms with Crippen LogP contribution in [0.3, 0.4) is 0 Å². The molecule has 2 heterocycles. The minimum Gasteiger partial charge on any atom is -0.455 e. The molecule has 2 aliphatic heterocycles. The van der Waals surface area contributed by atoms with Crippen molar-refractivity contribution < 1.29 is 27.5 Å². The van der Waals surface area contributed by atoms with E-state index in [-0.39, 0.29) is 23.3 Å². The molecule has 10 heteroatoms. The number of likely N-dealkylation sites (tertiary alicyclic amines) is 1. The van der Waals surface area contributed by atoms with E-state index in [1.54, 1.807) is 29.2 Å². The van der Waals surface area contributed by atoms with Gasteiger partial charge in [-0.05, 0) is 43.5 Å². The summed E-state index contributed by atoms with van der Waals surface area (Å²) >= 11 is 5.84. The van der Waals surface area contributed by atoms with Gasteiger partial charge < -0.3 is 15.0 Å². The minimum atomic E-state index is -3.09. The molecule has 0 spiro atoms. The number of hydrogen-bond donors (Lipinski definition) is 1. The Morgan fingerprint density at radius 3 is 2.34 bits per heavy atom. The summed E-state index contributed by atoms with van der Waals surface area (Å²) in [6.45, 7) is 0.417. The lowest BCUT2D eigenvalue weighted by Crippen LogP contribution is -2.42. The van der Waals surface area contributed by atoms with Crippen molar-refractivity contribution in [1.82, 2.24) is 10.2 Å². The number of nitrogens with one attached hydrogen (secondary N) is 1. The highest BCUT2D eigenvalue weighted by Crippen LogP contribution is 2.21. The Labute approximate surface area is 174 Å². The number of rotatable bonds is 5. The number of benzene rings is 1. The Kier molecular flexibility index (Phi) is 6.79. The lowest BCUT2D eigenvalue weighted by Gasteiger charge is -2.31. The number of nitrogens with zero attached hydrogens (tertiary/aromatic N) is 1. The van der Waals surface area contributed by atoms with Crippen LogP contribution >= 0.6 is 11.6 Å². The monoisotopic (exact) mass is 442 g/mol. The van der Waals surface area contributed by atoms with Crippen LogP contribution in [0, 0.1) is 5.92 Å². The Morgan fingerprint density at radius 2 is 1.76 bits per heavy atom. The number of ether oxygens (including phenoxy) is 1. The standard InChI is InChI=1S/C19H23ClN2O6S/c20-15-3-1-13(2-4-15)18(24)22-8-5-14(6-9-22)19(25)28-11-17(23)21-16-7-10-29(26,27)12-16/h1-4,14,16H,5-12H2,(H,21,23)/t16-/m0/s1. The number of amides is 2. The van der Waals surface area contributed by atoms with Gasteiger partial charge in [0.2, 0.25) is 0 Å². The van der Waals surface area contributed by atoms with Crippen molar-refractivity contribution in [3.8, 4) is 0 Å². The molecule has 2 amide bonds. The molecule has 0 aromatic heterocycles. The summed E-state index contributed by atoms with van der Waals surface area (Å²) in [7, 11) is -3.09. The van der Waals surface area contributed by atoms with E-state index < -0.39 is 34.4 Å². The number of esters is 1. The molecule has 1 aromatic carbocycles. The van der Waals surface area contributed by atoms with Crippen molar-refractivity contribution in [3.05, 3.63) is 34.9 Å². The van der Waals surface area contributed by atoms with E-state index in [1.165, 1.54) is 0 Å². The summed E-state index contributed by atoms with van der Waals surface area (Å²) in [6.07, 6.45) is 1.30. The van der Waals surface area contributed by atoms with Crippen molar-refractivity contribution in [2.24, 2.45) is 5.92 Å². The number of hydrogen-bond acceptors (Lipinski definition) is 6. The fourth-order valence-corrected chi connectivity index (χ4v) is 5.33. The first-order valence-electron chi connectivity index (χ1n) is 9.45. The maximum Gasteiger partial charge on any atom is 0.309 e. The number of piperidine rings is 1. The van der Waals surface area contributed by atoms with E-state index in [9.17, 15) is 22.8 Å². The molecule has 1 atom stereocenters. The summed E-state index contributed by atoms with van der Waals surface area (Å²) in [5.74, 6) is -1.48. The first kappa shape index (κ1) is 21.6. The molecular formula is C19H23ClN2O6S. The van der Waals surface area contributed by atoms with Crippen LogP contribution in [0.5, 0.6) is 0 Å². The molecule has 0 radical (unpaired) electrons. The molecule has 0 bridgehead atoms. The average Bonchev–Trinajstić information content (AvgIpc) is 3.04. The molecule has 0 unspecified atom stereocenters. The van der Waals surface area contributed by atoms with Gasteiger partial charge in [0.1, 0.15) is 0 Å². The van der Waals surface area contributed by atoms with Gasteiger partial charge in [-0.15, -0.1) is 0 Å². The molecule has 1 N–H and O–H groups in total. The fourth-order valence-electron chi connectivity index (χ4n) is 3.53. The zero-order valence-electron chi connectivity index (χ0n) is 15.8. The Morgan fingerprint density at radius 1 is 1.10 bits per heavy atom. The van der Waals surface area contributed by atoms with Crippen LogP contribution in [-0.2, 0) is 24.2 Å². The van der Waals surface area contributed by atoms with E-state index in [2.05, 4.69) is 5.32 Å². The zero-order chi connectivity index (χ0) is 21.0. The van der Waals surface area contributed by atoms with Crippen molar-refractivity contribution in [3.63, 3.8) is 0 Å². The highest BCUT2D eigenvalue weighted by Gasteiger charge is 2.31. The maximum atomic E-state index is 12.5. The van der Waals surface area contributed by atoms with Gasteiger partial charge in [-0.2, -0.15) is 0 Å². The molecule has 0 aliphatic carbocycles. The summed E-state index contributed by atoms with van der Waals surface area (Å²) in [6, 6.07) is 6.22. The topological polar surface area (TPSA) is 110 Å². The molecule has 3 rings (SSSR count). The van der Waals surface area contributed by atoms with Gasteiger partial charge in [-0.3, -0.25) is 14.4 Å². The van der Waals surface area contributed by atoms with E-state index in [4.69, 9.17) is 16.3 Å². The summed E-state index contributed by atoms with van der Waals surface area (Å²) in [4.78, 5) is 38.2. The Balaban J connectivity index is 1.40. The normalized spacial score (nSPS) is 21.6. The van der Waals surface area contributed by atoms with E-state index >= 15 is 0 Å². The van der Waals surface area contributed by atoms with Crippen molar-refractivity contribution >= 4 is 39.2 Å². The largest absolute Gasteiger partial charge is 0.455 e. The van der Waals surface area contributed by atoms with Gasteiger partial charge >= 0.3 is 5.97 Å². The third kappa shape index (κ3) is 5.93. The highest BCUT2D eigenvalue weighted by atomic mass is 35.5. The quantitative estimate of drug-likeness (QED) is 0.682. The van der Waals surface area contributed by atoms with Crippen molar-refractivity contribution in [2.75, 3.05) is 31.2 Å². The van der Waals surface area contributed by atoms with Crippen LogP contribution < -0.4 is 5.32 Å². The summed E-state index contributed by atoms with van der Waals surface area (Å²) < 4.78 is 27.9. The van der Waals surface area contributed by atoms with E-state index in [0.29, 0.717) is 42.9 Å². The first-order chi connectivity index (χ1) is 13.7. The number of halogens is 1. The van der Waals surface area contributed by atoms with Gasteiger partial charge in [0.15, 0.2) is 16.4 Å². The van der Waals surface area contributed by atoms with Gasteiger partial charge in [0.05, 0.1) is 17.4 Å². The van der Waals surface area contributed by atoms with Crippen LogP contribution in [0.15, 0.2) is 24.3 Å². The van der Waals surface area contributed by atoms with E-state index in [1.807, 2.05) is 0 Å². The molecule has 8 nitrogen and oxygen atoms in total. The molecule has 2 fully saturated rings. The maximum absolute atomic E-state index is 12.5. The molecule has 2 aliphatic rings. The SMILES string of the molecule is O=C(COC(=O)C1CCN(C(=O)c2ccc(Cl)cc2)CC1)N[C@H]1CCS(=O)(=O)C1. The molecule has 158 valence electrons. The van der Waals surface area contributed by atoms with Crippen LogP contribution in [-0.4, -0.2) is 68.3 Å². The van der Waals surface area contributed by atoms with Crippen molar-refractivity contribution in [2.45, 2.75) is 25.3 Å². The Bertz CT molecular complexity index is 878. The predicted molar refractivity (Wildman–Crippen MR) is 106 cm³/mol. The fraction of sp³-hybridized carbons (Fsp3) is 0.526. The van der Waals surface area contributed by atoms with Crippen LogP contribution in [0.4, 0.5) is 0 Å². The predicted octanol–water partition coefficient (Wildman–Crippen LogP) is 1.04. The molecule has 2 saturated heterocycles. The van der Waals surface area contributed by atoms with Crippen LogP contribution in [0.25, 0.3) is 0 Å². The van der Waals surface area contributed by atoms with Gasteiger partial charge in [0, 0.05) is 29.7 Å². The van der Waals surface area contributed by atoms with Crippen molar-refractivity contribution in [1.29, 1.82) is 0 Å². The van der Waals surface area contributed by atoms with Gasteiger partial charge in [-0.1, -0.05) is 11.6 Å². The lowest BCUT2D eigenvalue weighted by atomic mass is 9.96. The third-order valence-corrected chi connectivity index (χ3v) is 7.17. The molecule has 1 aromatic rings. The van der Waals surface area contributed by atoms with E-state index in [0.717, 1.165) is 0 Å².